The fraction of sp³-hybridized carbons (Fsp3) is 0.667. The Balaban J connectivity index is 1.81. The summed E-state index contributed by atoms with van der Waals surface area (Å²) in [6.45, 7) is 2.50. The van der Waals surface area contributed by atoms with Crippen LogP contribution in [0.25, 0.3) is 0 Å². The Bertz CT molecular complexity index is 395. The Kier molecular flexibility index (Phi) is 1.33. The summed E-state index contributed by atoms with van der Waals surface area (Å²) in [7, 11) is 0. The topological polar surface area (TPSA) is 59.2 Å². The SMILES string of the molecule is Cc1noc(N2CC3(CCC3)C2=O)n1. The molecular weight excluding hydrogens is 182 g/mol. The first kappa shape index (κ1) is 7.96. The third-order valence-electron chi connectivity index (χ3n) is 3.22. The second-order valence-corrected chi connectivity index (χ2v) is 4.15. The van der Waals surface area contributed by atoms with Crippen molar-refractivity contribution in [3.05, 3.63) is 5.82 Å². The van der Waals surface area contributed by atoms with Gasteiger partial charge in [-0.15, -0.1) is 0 Å². The molecule has 5 heteroatoms. The summed E-state index contributed by atoms with van der Waals surface area (Å²) < 4.78 is 4.94. The van der Waals surface area contributed by atoms with Crippen molar-refractivity contribution in [1.29, 1.82) is 0 Å². The van der Waals surface area contributed by atoms with Crippen LogP contribution in [0.1, 0.15) is 25.1 Å². The van der Waals surface area contributed by atoms with E-state index in [0.29, 0.717) is 11.8 Å². The molecule has 2 aliphatic rings. The van der Waals surface area contributed by atoms with Crippen LogP contribution in [0.5, 0.6) is 0 Å². The van der Waals surface area contributed by atoms with Gasteiger partial charge in [0.25, 0.3) is 0 Å². The lowest BCUT2D eigenvalue weighted by molar-refractivity contribution is -0.141. The van der Waals surface area contributed by atoms with Gasteiger partial charge in [0.2, 0.25) is 5.91 Å². The molecule has 0 bridgehead atoms. The largest absolute Gasteiger partial charge is 0.330 e. The smallest absolute Gasteiger partial charge is 0.315 e. The van der Waals surface area contributed by atoms with E-state index in [1.165, 1.54) is 6.42 Å². The van der Waals surface area contributed by atoms with Gasteiger partial charge in [-0.1, -0.05) is 11.6 Å². The van der Waals surface area contributed by atoms with Crippen molar-refractivity contribution >= 4 is 11.9 Å². The number of amides is 1. The Morgan fingerprint density at radius 2 is 2.29 bits per heavy atom. The number of aromatic nitrogens is 2. The summed E-state index contributed by atoms with van der Waals surface area (Å²) in [6, 6.07) is 0.352. The van der Waals surface area contributed by atoms with Gasteiger partial charge in [0, 0.05) is 6.54 Å². The Labute approximate surface area is 81.1 Å². The second-order valence-electron chi connectivity index (χ2n) is 4.15. The molecule has 1 aromatic heterocycles. The van der Waals surface area contributed by atoms with Crippen molar-refractivity contribution in [2.24, 2.45) is 5.41 Å². The summed E-state index contributed by atoms with van der Waals surface area (Å²) >= 11 is 0. The van der Waals surface area contributed by atoms with Crippen LogP contribution in [-0.4, -0.2) is 22.6 Å². The molecule has 1 aliphatic carbocycles. The summed E-state index contributed by atoms with van der Waals surface area (Å²) in [4.78, 5) is 17.4. The first-order valence-electron chi connectivity index (χ1n) is 4.84. The molecule has 2 heterocycles. The van der Waals surface area contributed by atoms with Crippen molar-refractivity contribution in [2.45, 2.75) is 26.2 Å². The number of carbonyl (C=O) groups excluding carboxylic acids is 1. The zero-order chi connectivity index (χ0) is 9.76. The molecule has 74 valence electrons. The number of aryl methyl sites for hydroxylation is 1. The van der Waals surface area contributed by atoms with E-state index in [1.54, 1.807) is 11.8 Å². The van der Waals surface area contributed by atoms with Gasteiger partial charge in [-0.3, -0.25) is 9.69 Å². The fourth-order valence-electron chi connectivity index (χ4n) is 2.16. The summed E-state index contributed by atoms with van der Waals surface area (Å²) in [5.41, 5.74) is -0.0532. The van der Waals surface area contributed by atoms with Gasteiger partial charge < -0.3 is 4.52 Å². The standard InChI is InChI=1S/C9H11N3O2/c1-6-10-8(14-11-6)12-5-9(7(12)13)3-2-4-9/h2-5H2,1H3. The van der Waals surface area contributed by atoms with E-state index in [1.807, 2.05) is 0 Å². The van der Waals surface area contributed by atoms with E-state index in [0.717, 1.165) is 19.4 Å². The maximum atomic E-state index is 11.8. The lowest BCUT2D eigenvalue weighted by Gasteiger charge is -2.52. The molecule has 1 saturated carbocycles. The van der Waals surface area contributed by atoms with Gasteiger partial charge in [-0.25, -0.2) is 0 Å². The lowest BCUT2D eigenvalue weighted by atomic mass is 9.63. The molecule has 0 radical (unpaired) electrons. The molecule has 2 fully saturated rings. The van der Waals surface area contributed by atoms with Crippen molar-refractivity contribution in [1.82, 2.24) is 10.1 Å². The first-order valence-corrected chi connectivity index (χ1v) is 4.84. The number of nitrogens with zero attached hydrogens (tertiary/aromatic N) is 3. The lowest BCUT2D eigenvalue weighted by Crippen LogP contribution is -2.64. The van der Waals surface area contributed by atoms with Crippen LogP contribution < -0.4 is 4.90 Å². The van der Waals surface area contributed by atoms with Crippen LogP contribution in [0.2, 0.25) is 0 Å². The second kappa shape index (κ2) is 2.34. The number of rotatable bonds is 1. The molecule has 1 aromatic rings. The molecule has 0 unspecified atom stereocenters. The van der Waals surface area contributed by atoms with Gasteiger partial charge in [-0.2, -0.15) is 4.98 Å². The molecule has 1 aliphatic heterocycles. The van der Waals surface area contributed by atoms with Crippen LogP contribution >= 0.6 is 0 Å². The van der Waals surface area contributed by atoms with E-state index in [2.05, 4.69) is 10.1 Å². The summed E-state index contributed by atoms with van der Waals surface area (Å²) in [5.74, 6) is 0.731. The molecule has 0 N–H and O–H groups in total. The van der Waals surface area contributed by atoms with Crippen molar-refractivity contribution in [3.63, 3.8) is 0 Å². The van der Waals surface area contributed by atoms with Crippen LogP contribution in [0.4, 0.5) is 6.01 Å². The fourth-order valence-corrected chi connectivity index (χ4v) is 2.16. The highest BCUT2D eigenvalue weighted by Gasteiger charge is 2.57. The zero-order valence-corrected chi connectivity index (χ0v) is 7.99. The normalized spacial score (nSPS) is 23.5. The van der Waals surface area contributed by atoms with Crippen LogP contribution in [0.3, 0.4) is 0 Å². The third-order valence-corrected chi connectivity index (χ3v) is 3.22. The quantitative estimate of drug-likeness (QED) is 0.621. The highest BCUT2D eigenvalue weighted by Crippen LogP contribution is 2.50. The Morgan fingerprint density at radius 1 is 1.50 bits per heavy atom. The van der Waals surface area contributed by atoms with Crippen molar-refractivity contribution in [3.8, 4) is 0 Å². The monoisotopic (exact) mass is 193 g/mol. The minimum atomic E-state index is -0.0532. The average molecular weight is 193 g/mol. The van der Waals surface area contributed by atoms with Crippen molar-refractivity contribution < 1.29 is 9.32 Å². The molecule has 3 rings (SSSR count). The van der Waals surface area contributed by atoms with E-state index in [9.17, 15) is 4.79 Å². The first-order chi connectivity index (χ1) is 6.71. The number of hydrogen-bond donors (Lipinski definition) is 0. The molecule has 1 amide bonds. The third kappa shape index (κ3) is 0.818. The predicted molar refractivity (Wildman–Crippen MR) is 47.7 cm³/mol. The van der Waals surface area contributed by atoms with Crippen molar-refractivity contribution in [2.75, 3.05) is 11.4 Å². The van der Waals surface area contributed by atoms with Gasteiger partial charge in [0.1, 0.15) is 0 Å². The molecule has 1 spiro atoms. The number of β-lactam (4-membered cyclic amide) rings is 1. The van der Waals surface area contributed by atoms with Gasteiger partial charge in [0.05, 0.1) is 5.41 Å². The number of anilines is 1. The molecular formula is C9H11N3O2. The van der Waals surface area contributed by atoms with Gasteiger partial charge >= 0.3 is 6.01 Å². The predicted octanol–water partition coefficient (Wildman–Crippen LogP) is 0.895. The maximum absolute atomic E-state index is 11.8. The van der Waals surface area contributed by atoms with Crippen LogP contribution in [0.15, 0.2) is 4.52 Å². The highest BCUT2D eigenvalue weighted by atomic mass is 16.5. The maximum Gasteiger partial charge on any atom is 0.330 e. The molecule has 0 aromatic carbocycles. The summed E-state index contributed by atoms with van der Waals surface area (Å²) in [5, 5.41) is 3.67. The zero-order valence-electron chi connectivity index (χ0n) is 7.99. The van der Waals surface area contributed by atoms with Gasteiger partial charge in [0.15, 0.2) is 5.82 Å². The van der Waals surface area contributed by atoms with Gasteiger partial charge in [-0.05, 0) is 19.8 Å². The minimum absolute atomic E-state index is 0.0532. The molecule has 1 saturated heterocycles. The van der Waals surface area contributed by atoms with Crippen LogP contribution in [0, 0.1) is 12.3 Å². The van der Waals surface area contributed by atoms with E-state index >= 15 is 0 Å². The average Bonchev–Trinajstić information content (AvgIpc) is 2.47. The minimum Gasteiger partial charge on any atom is -0.315 e. The van der Waals surface area contributed by atoms with E-state index < -0.39 is 0 Å². The summed E-state index contributed by atoms with van der Waals surface area (Å²) in [6.07, 6.45) is 3.22. The molecule has 14 heavy (non-hydrogen) atoms. The number of hydrogen-bond acceptors (Lipinski definition) is 4. The number of carbonyl (C=O) groups is 1. The van der Waals surface area contributed by atoms with Crippen LogP contribution in [-0.2, 0) is 4.79 Å². The molecule has 0 atom stereocenters. The Morgan fingerprint density at radius 3 is 2.71 bits per heavy atom. The highest BCUT2D eigenvalue weighted by molar-refractivity contribution is 6.03. The molecule has 5 nitrogen and oxygen atoms in total. The van der Waals surface area contributed by atoms with E-state index in [-0.39, 0.29) is 11.3 Å². The van der Waals surface area contributed by atoms with E-state index in [4.69, 9.17) is 4.52 Å². The Hall–Kier alpha value is -1.39.